The average molecular weight is 324 g/mol. The van der Waals surface area contributed by atoms with Crippen molar-refractivity contribution in [3.05, 3.63) is 76.8 Å². The number of nitrogens with zero attached hydrogens (tertiary/aromatic N) is 1. The van der Waals surface area contributed by atoms with Gasteiger partial charge in [-0.15, -0.1) is 11.3 Å². The third-order valence-electron chi connectivity index (χ3n) is 3.40. The SMILES string of the molecule is Cc1ccccc1COc1cccc(C(=O)Nc2nccs2)c1. The number of benzene rings is 2. The van der Waals surface area contributed by atoms with Crippen LogP contribution in [0.15, 0.2) is 60.1 Å². The molecule has 116 valence electrons. The Labute approximate surface area is 138 Å². The Kier molecular flexibility index (Phi) is 4.68. The average Bonchev–Trinajstić information content (AvgIpc) is 3.07. The minimum Gasteiger partial charge on any atom is -0.489 e. The number of anilines is 1. The van der Waals surface area contributed by atoms with Crippen molar-refractivity contribution >= 4 is 22.4 Å². The summed E-state index contributed by atoms with van der Waals surface area (Å²) in [5, 5.41) is 5.16. The van der Waals surface area contributed by atoms with Gasteiger partial charge in [-0.1, -0.05) is 30.3 Å². The molecular weight excluding hydrogens is 308 g/mol. The Morgan fingerprint density at radius 3 is 2.87 bits per heavy atom. The number of aryl methyl sites for hydroxylation is 1. The summed E-state index contributed by atoms with van der Waals surface area (Å²) in [6.07, 6.45) is 1.65. The maximum Gasteiger partial charge on any atom is 0.257 e. The maximum atomic E-state index is 12.2. The number of carbonyl (C=O) groups is 1. The monoisotopic (exact) mass is 324 g/mol. The fraction of sp³-hybridized carbons (Fsp3) is 0.111. The van der Waals surface area contributed by atoms with Crippen LogP contribution in [0, 0.1) is 6.92 Å². The highest BCUT2D eigenvalue weighted by molar-refractivity contribution is 7.13. The van der Waals surface area contributed by atoms with Crippen molar-refractivity contribution in [2.24, 2.45) is 0 Å². The second kappa shape index (κ2) is 7.07. The van der Waals surface area contributed by atoms with Crippen molar-refractivity contribution in [3.8, 4) is 5.75 Å². The van der Waals surface area contributed by atoms with Gasteiger partial charge in [0, 0.05) is 17.1 Å². The van der Waals surface area contributed by atoms with Crippen LogP contribution >= 0.6 is 11.3 Å². The molecule has 0 aliphatic carbocycles. The molecule has 5 heteroatoms. The molecule has 1 N–H and O–H groups in total. The minimum atomic E-state index is -0.193. The van der Waals surface area contributed by atoms with Crippen molar-refractivity contribution in [2.75, 3.05) is 5.32 Å². The van der Waals surface area contributed by atoms with Gasteiger partial charge in [0.15, 0.2) is 5.13 Å². The molecule has 2 aromatic carbocycles. The van der Waals surface area contributed by atoms with E-state index in [4.69, 9.17) is 4.74 Å². The molecule has 0 atom stereocenters. The fourth-order valence-corrected chi connectivity index (χ4v) is 2.64. The molecule has 0 saturated carbocycles. The van der Waals surface area contributed by atoms with Crippen LogP contribution in [0.2, 0.25) is 0 Å². The van der Waals surface area contributed by atoms with Gasteiger partial charge < -0.3 is 4.74 Å². The van der Waals surface area contributed by atoms with E-state index in [-0.39, 0.29) is 5.91 Å². The van der Waals surface area contributed by atoms with Gasteiger partial charge in [0.2, 0.25) is 0 Å². The third-order valence-corrected chi connectivity index (χ3v) is 4.09. The van der Waals surface area contributed by atoms with Crippen LogP contribution in [-0.4, -0.2) is 10.9 Å². The lowest BCUT2D eigenvalue weighted by molar-refractivity contribution is 0.102. The number of rotatable bonds is 5. The van der Waals surface area contributed by atoms with Gasteiger partial charge in [-0.3, -0.25) is 10.1 Å². The van der Waals surface area contributed by atoms with Crippen LogP contribution in [0.1, 0.15) is 21.5 Å². The van der Waals surface area contributed by atoms with Gasteiger partial charge in [0.05, 0.1) is 0 Å². The topological polar surface area (TPSA) is 51.2 Å². The van der Waals surface area contributed by atoms with Gasteiger partial charge in [-0.05, 0) is 36.2 Å². The quantitative estimate of drug-likeness (QED) is 0.762. The molecule has 0 radical (unpaired) electrons. The number of thiazole rings is 1. The lowest BCUT2D eigenvalue weighted by Gasteiger charge is -2.09. The minimum absolute atomic E-state index is 0.193. The van der Waals surface area contributed by atoms with Gasteiger partial charge in [0.25, 0.3) is 5.91 Å². The first-order valence-electron chi connectivity index (χ1n) is 7.20. The van der Waals surface area contributed by atoms with Crippen LogP contribution in [0.4, 0.5) is 5.13 Å². The van der Waals surface area contributed by atoms with Crippen molar-refractivity contribution in [1.29, 1.82) is 0 Å². The molecule has 0 spiro atoms. The van der Waals surface area contributed by atoms with Crippen LogP contribution < -0.4 is 10.1 Å². The molecule has 0 unspecified atom stereocenters. The Morgan fingerprint density at radius 2 is 2.09 bits per heavy atom. The molecule has 4 nitrogen and oxygen atoms in total. The van der Waals surface area contributed by atoms with E-state index >= 15 is 0 Å². The smallest absolute Gasteiger partial charge is 0.257 e. The highest BCUT2D eigenvalue weighted by atomic mass is 32.1. The van der Waals surface area contributed by atoms with Crippen LogP contribution in [0.25, 0.3) is 0 Å². The summed E-state index contributed by atoms with van der Waals surface area (Å²) in [5.41, 5.74) is 2.86. The normalized spacial score (nSPS) is 10.3. The first-order valence-corrected chi connectivity index (χ1v) is 8.08. The van der Waals surface area contributed by atoms with E-state index in [0.29, 0.717) is 23.1 Å². The Bertz CT molecular complexity index is 800. The number of carbonyl (C=O) groups excluding carboxylic acids is 1. The van der Waals surface area contributed by atoms with Crippen molar-refractivity contribution in [2.45, 2.75) is 13.5 Å². The molecule has 0 saturated heterocycles. The molecule has 3 aromatic rings. The summed E-state index contributed by atoms with van der Waals surface area (Å²) >= 11 is 1.38. The zero-order chi connectivity index (χ0) is 16.1. The summed E-state index contributed by atoms with van der Waals surface area (Å²) in [4.78, 5) is 16.2. The van der Waals surface area contributed by atoms with Crippen molar-refractivity contribution < 1.29 is 9.53 Å². The number of hydrogen-bond acceptors (Lipinski definition) is 4. The standard InChI is InChI=1S/C18H16N2O2S/c1-13-5-2-3-6-15(13)12-22-16-8-4-7-14(11-16)17(21)20-18-19-9-10-23-18/h2-11H,12H2,1H3,(H,19,20,21). The van der Waals surface area contributed by atoms with E-state index in [1.54, 1.807) is 18.3 Å². The zero-order valence-corrected chi connectivity index (χ0v) is 13.5. The predicted molar refractivity (Wildman–Crippen MR) is 92.0 cm³/mol. The predicted octanol–water partition coefficient (Wildman–Crippen LogP) is 4.28. The highest BCUT2D eigenvalue weighted by Gasteiger charge is 2.09. The summed E-state index contributed by atoms with van der Waals surface area (Å²) < 4.78 is 5.81. The lowest BCUT2D eigenvalue weighted by Crippen LogP contribution is -2.11. The summed E-state index contributed by atoms with van der Waals surface area (Å²) in [5.74, 6) is 0.473. The molecule has 1 amide bonds. The molecule has 0 bridgehead atoms. The van der Waals surface area contributed by atoms with E-state index in [0.717, 1.165) is 5.56 Å². The first kappa shape index (κ1) is 15.2. The number of nitrogens with one attached hydrogen (secondary N) is 1. The maximum absolute atomic E-state index is 12.2. The third kappa shape index (κ3) is 3.96. The molecule has 0 fully saturated rings. The second-order valence-corrected chi connectivity index (χ2v) is 5.93. The number of aromatic nitrogens is 1. The summed E-state index contributed by atoms with van der Waals surface area (Å²) in [6.45, 7) is 2.53. The van der Waals surface area contributed by atoms with Crippen molar-refractivity contribution in [3.63, 3.8) is 0 Å². The lowest BCUT2D eigenvalue weighted by atomic mass is 10.1. The second-order valence-electron chi connectivity index (χ2n) is 5.03. The van der Waals surface area contributed by atoms with Crippen LogP contribution in [-0.2, 0) is 6.61 Å². The van der Waals surface area contributed by atoms with Gasteiger partial charge in [-0.25, -0.2) is 4.98 Å². The zero-order valence-electron chi connectivity index (χ0n) is 12.7. The molecule has 0 aliphatic heterocycles. The van der Waals surface area contributed by atoms with E-state index in [2.05, 4.69) is 23.3 Å². The fourth-order valence-electron chi connectivity index (χ4n) is 2.11. The molecule has 23 heavy (non-hydrogen) atoms. The molecular formula is C18H16N2O2S. The van der Waals surface area contributed by atoms with E-state index in [1.165, 1.54) is 16.9 Å². The number of ether oxygens (including phenoxy) is 1. The number of amides is 1. The van der Waals surface area contributed by atoms with E-state index < -0.39 is 0 Å². The van der Waals surface area contributed by atoms with Crippen LogP contribution in [0.5, 0.6) is 5.75 Å². The highest BCUT2D eigenvalue weighted by Crippen LogP contribution is 2.18. The Hall–Kier alpha value is -2.66. The molecule has 0 aliphatic rings. The summed E-state index contributed by atoms with van der Waals surface area (Å²) in [7, 11) is 0. The Morgan fingerprint density at radius 1 is 1.22 bits per heavy atom. The molecule has 1 aromatic heterocycles. The van der Waals surface area contributed by atoms with E-state index in [9.17, 15) is 4.79 Å². The molecule has 1 heterocycles. The van der Waals surface area contributed by atoms with Crippen molar-refractivity contribution in [1.82, 2.24) is 4.98 Å². The first-order chi connectivity index (χ1) is 11.2. The number of hydrogen-bond donors (Lipinski definition) is 1. The van der Waals surface area contributed by atoms with Crippen LogP contribution in [0.3, 0.4) is 0 Å². The largest absolute Gasteiger partial charge is 0.489 e. The Balaban J connectivity index is 1.67. The molecule has 3 rings (SSSR count). The van der Waals surface area contributed by atoms with Gasteiger partial charge >= 0.3 is 0 Å². The van der Waals surface area contributed by atoms with Gasteiger partial charge in [-0.2, -0.15) is 0 Å². The summed E-state index contributed by atoms with van der Waals surface area (Å²) in [6, 6.07) is 15.2. The van der Waals surface area contributed by atoms with E-state index in [1.807, 2.05) is 35.7 Å². The van der Waals surface area contributed by atoms with Gasteiger partial charge in [0.1, 0.15) is 12.4 Å².